The van der Waals surface area contributed by atoms with Crippen LogP contribution in [0.1, 0.15) is 25.7 Å². The van der Waals surface area contributed by atoms with Gasteiger partial charge in [-0.25, -0.2) is 0 Å². The van der Waals surface area contributed by atoms with Gasteiger partial charge in [-0.15, -0.1) is 0 Å². The first-order chi connectivity index (χ1) is 9.74. The summed E-state index contributed by atoms with van der Waals surface area (Å²) in [5.41, 5.74) is 1.24. The Balaban J connectivity index is 1.56. The van der Waals surface area contributed by atoms with E-state index in [9.17, 15) is 0 Å². The molecule has 1 aromatic rings. The van der Waals surface area contributed by atoms with E-state index in [2.05, 4.69) is 21.9 Å². The summed E-state index contributed by atoms with van der Waals surface area (Å²) in [5, 5.41) is 9.16. The lowest BCUT2D eigenvalue weighted by atomic mass is 10.1. The quantitative estimate of drug-likeness (QED) is 0.666. The predicted molar refractivity (Wildman–Crippen MR) is 84.9 cm³/mol. The van der Waals surface area contributed by atoms with Crippen LogP contribution in [-0.2, 0) is 0 Å². The largest absolute Gasteiger partial charge is 0.368 e. The van der Waals surface area contributed by atoms with E-state index >= 15 is 0 Å². The molecule has 0 amide bonds. The van der Waals surface area contributed by atoms with Gasteiger partial charge in [0.2, 0.25) is 0 Å². The lowest BCUT2D eigenvalue weighted by Gasteiger charge is -2.38. The third-order valence-electron chi connectivity index (χ3n) is 4.55. The minimum atomic E-state index is 0.525. The van der Waals surface area contributed by atoms with Crippen LogP contribution in [0.15, 0.2) is 24.3 Å². The fourth-order valence-electron chi connectivity index (χ4n) is 3.31. The van der Waals surface area contributed by atoms with E-state index in [1.165, 1.54) is 31.4 Å². The Labute approximate surface area is 126 Å². The van der Waals surface area contributed by atoms with E-state index in [0.717, 1.165) is 37.0 Å². The Hall–Kier alpha value is -1.22. The van der Waals surface area contributed by atoms with E-state index in [0.29, 0.717) is 5.92 Å². The van der Waals surface area contributed by atoms with Gasteiger partial charge in [-0.05, 0) is 37.1 Å². The van der Waals surface area contributed by atoms with Crippen molar-refractivity contribution < 1.29 is 0 Å². The second-order valence-electron chi connectivity index (χ2n) is 5.82. The van der Waals surface area contributed by atoms with Crippen molar-refractivity contribution in [2.75, 3.05) is 31.1 Å². The highest BCUT2D eigenvalue weighted by Gasteiger charge is 2.26. The maximum absolute atomic E-state index is 8.37. The van der Waals surface area contributed by atoms with Crippen molar-refractivity contribution in [2.24, 2.45) is 5.92 Å². The van der Waals surface area contributed by atoms with Crippen LogP contribution in [0.3, 0.4) is 0 Å². The highest BCUT2D eigenvalue weighted by molar-refractivity contribution is 6.30. The molecular weight excluding hydrogens is 270 g/mol. The van der Waals surface area contributed by atoms with E-state index in [4.69, 9.17) is 17.0 Å². The first-order valence-electron chi connectivity index (χ1n) is 7.58. The molecule has 0 aromatic heterocycles. The van der Waals surface area contributed by atoms with Crippen molar-refractivity contribution in [3.05, 3.63) is 29.3 Å². The Morgan fingerprint density at radius 2 is 1.60 bits per heavy atom. The summed E-state index contributed by atoms with van der Waals surface area (Å²) in [6.07, 6.45) is 5.04. The number of hydrogen-bond donors (Lipinski definition) is 1. The van der Waals surface area contributed by atoms with E-state index in [1.54, 1.807) is 0 Å². The van der Waals surface area contributed by atoms with Gasteiger partial charge in [0.1, 0.15) is 0 Å². The van der Waals surface area contributed by atoms with Crippen molar-refractivity contribution in [1.82, 2.24) is 4.90 Å². The number of amidine groups is 1. The fourth-order valence-corrected chi connectivity index (χ4v) is 3.44. The van der Waals surface area contributed by atoms with Crippen LogP contribution in [0.25, 0.3) is 0 Å². The number of halogens is 1. The van der Waals surface area contributed by atoms with E-state index < -0.39 is 0 Å². The average molecular weight is 292 g/mol. The molecule has 20 heavy (non-hydrogen) atoms. The summed E-state index contributed by atoms with van der Waals surface area (Å²) in [7, 11) is 0. The van der Waals surface area contributed by atoms with Crippen LogP contribution in [0.5, 0.6) is 0 Å². The topological polar surface area (TPSA) is 30.3 Å². The second kappa shape index (κ2) is 6.04. The second-order valence-corrected chi connectivity index (χ2v) is 6.25. The number of nitrogens with zero attached hydrogens (tertiary/aromatic N) is 2. The Morgan fingerprint density at radius 3 is 2.20 bits per heavy atom. The molecule has 1 saturated heterocycles. The molecule has 1 saturated carbocycles. The third kappa shape index (κ3) is 2.93. The van der Waals surface area contributed by atoms with Crippen LogP contribution in [0.4, 0.5) is 5.69 Å². The SMILES string of the molecule is N=C(C1CCCC1)N1CCN(c2ccc(Cl)cc2)CC1. The van der Waals surface area contributed by atoms with Gasteiger partial charge < -0.3 is 9.80 Å². The normalized spacial score (nSPS) is 20.4. The van der Waals surface area contributed by atoms with Gasteiger partial charge in [0.05, 0.1) is 5.84 Å². The minimum absolute atomic E-state index is 0.525. The first-order valence-corrected chi connectivity index (χ1v) is 7.96. The highest BCUT2D eigenvalue weighted by atomic mass is 35.5. The maximum Gasteiger partial charge on any atom is 0.0990 e. The Kier molecular flexibility index (Phi) is 4.16. The molecule has 1 aromatic carbocycles. The standard InChI is InChI=1S/C16H22ClN3/c17-14-5-7-15(8-6-14)19-9-11-20(12-10-19)16(18)13-3-1-2-4-13/h5-8,13,18H,1-4,9-12H2. The van der Waals surface area contributed by atoms with Crippen LogP contribution in [0, 0.1) is 11.3 Å². The molecule has 1 N–H and O–H groups in total. The zero-order valence-electron chi connectivity index (χ0n) is 11.8. The molecule has 0 bridgehead atoms. The smallest absolute Gasteiger partial charge is 0.0990 e. The summed E-state index contributed by atoms with van der Waals surface area (Å²) in [6, 6.07) is 8.06. The summed E-state index contributed by atoms with van der Waals surface area (Å²) < 4.78 is 0. The summed E-state index contributed by atoms with van der Waals surface area (Å²) in [5.74, 6) is 1.41. The Bertz CT molecular complexity index is 457. The molecule has 2 aliphatic rings. The summed E-state index contributed by atoms with van der Waals surface area (Å²) >= 11 is 5.93. The zero-order valence-corrected chi connectivity index (χ0v) is 12.6. The number of nitrogens with one attached hydrogen (secondary N) is 1. The number of benzene rings is 1. The van der Waals surface area contributed by atoms with Crippen LogP contribution in [-0.4, -0.2) is 36.9 Å². The van der Waals surface area contributed by atoms with Gasteiger partial charge in [-0.3, -0.25) is 5.41 Å². The molecule has 0 spiro atoms. The number of piperazine rings is 1. The lowest BCUT2D eigenvalue weighted by molar-refractivity contribution is 0.362. The van der Waals surface area contributed by atoms with Crippen molar-refractivity contribution in [2.45, 2.75) is 25.7 Å². The molecular formula is C16H22ClN3. The number of rotatable bonds is 2. The molecule has 0 unspecified atom stereocenters. The van der Waals surface area contributed by atoms with Crippen molar-refractivity contribution >= 4 is 23.1 Å². The van der Waals surface area contributed by atoms with Gasteiger partial charge >= 0.3 is 0 Å². The predicted octanol–water partition coefficient (Wildman–Crippen LogP) is 3.63. The van der Waals surface area contributed by atoms with Crippen LogP contribution < -0.4 is 4.90 Å². The first kappa shape index (κ1) is 13.7. The molecule has 1 heterocycles. The van der Waals surface area contributed by atoms with Crippen molar-refractivity contribution in [1.29, 1.82) is 5.41 Å². The number of anilines is 1. The molecule has 0 radical (unpaired) electrons. The van der Waals surface area contributed by atoms with Gasteiger partial charge in [-0.2, -0.15) is 0 Å². The van der Waals surface area contributed by atoms with Gasteiger partial charge in [0, 0.05) is 42.8 Å². The van der Waals surface area contributed by atoms with E-state index in [-0.39, 0.29) is 0 Å². The van der Waals surface area contributed by atoms with Crippen LogP contribution >= 0.6 is 11.6 Å². The number of hydrogen-bond acceptors (Lipinski definition) is 2. The maximum atomic E-state index is 8.37. The monoisotopic (exact) mass is 291 g/mol. The summed E-state index contributed by atoms with van der Waals surface area (Å²) in [6.45, 7) is 3.93. The highest BCUT2D eigenvalue weighted by Crippen LogP contribution is 2.27. The third-order valence-corrected chi connectivity index (χ3v) is 4.81. The summed E-state index contributed by atoms with van der Waals surface area (Å²) in [4.78, 5) is 4.66. The van der Waals surface area contributed by atoms with E-state index in [1.807, 2.05) is 12.1 Å². The van der Waals surface area contributed by atoms with Gasteiger partial charge in [-0.1, -0.05) is 24.4 Å². The fraction of sp³-hybridized carbons (Fsp3) is 0.562. The Morgan fingerprint density at radius 1 is 1.00 bits per heavy atom. The molecule has 108 valence electrons. The molecule has 1 aliphatic carbocycles. The minimum Gasteiger partial charge on any atom is -0.368 e. The molecule has 3 nitrogen and oxygen atoms in total. The molecule has 0 atom stereocenters. The molecule has 4 heteroatoms. The molecule has 1 aliphatic heterocycles. The van der Waals surface area contributed by atoms with Crippen molar-refractivity contribution in [3.63, 3.8) is 0 Å². The zero-order chi connectivity index (χ0) is 13.9. The average Bonchev–Trinajstić information content (AvgIpc) is 3.02. The van der Waals surface area contributed by atoms with Crippen LogP contribution in [0.2, 0.25) is 5.02 Å². The van der Waals surface area contributed by atoms with Crippen molar-refractivity contribution in [3.8, 4) is 0 Å². The molecule has 2 fully saturated rings. The molecule has 3 rings (SSSR count). The van der Waals surface area contributed by atoms with Gasteiger partial charge in [0.25, 0.3) is 0 Å². The van der Waals surface area contributed by atoms with Gasteiger partial charge in [0.15, 0.2) is 0 Å². The lowest BCUT2D eigenvalue weighted by Crippen LogP contribution is -2.50.